The van der Waals surface area contributed by atoms with Crippen molar-refractivity contribution in [2.45, 2.75) is 23.2 Å². The van der Waals surface area contributed by atoms with E-state index in [0.29, 0.717) is 17.1 Å². The van der Waals surface area contributed by atoms with Crippen LogP contribution in [0.2, 0.25) is 0 Å². The zero-order valence-corrected chi connectivity index (χ0v) is 11.4. The first-order chi connectivity index (χ1) is 9.03. The normalized spacial score (nSPS) is 21.7. The van der Waals surface area contributed by atoms with Gasteiger partial charge in [0.15, 0.2) is 0 Å². The molecule has 0 amide bonds. The van der Waals surface area contributed by atoms with Gasteiger partial charge in [-0.25, -0.2) is 8.42 Å². The lowest BCUT2D eigenvalue weighted by Crippen LogP contribution is -2.40. The van der Waals surface area contributed by atoms with Crippen molar-refractivity contribution in [3.63, 3.8) is 0 Å². The predicted molar refractivity (Wildman–Crippen MR) is 72.8 cm³/mol. The van der Waals surface area contributed by atoms with E-state index in [-0.39, 0.29) is 0 Å². The minimum Gasteiger partial charge on any atom is -0.471 e. The smallest absolute Gasteiger partial charge is 0.219 e. The van der Waals surface area contributed by atoms with Crippen LogP contribution in [0.3, 0.4) is 0 Å². The molecule has 2 aromatic carbocycles. The molecule has 0 fully saturated rings. The van der Waals surface area contributed by atoms with Crippen molar-refractivity contribution in [1.29, 1.82) is 0 Å². The van der Waals surface area contributed by atoms with Gasteiger partial charge in [-0.05, 0) is 30.7 Å². The van der Waals surface area contributed by atoms with E-state index in [1.54, 1.807) is 43.3 Å². The van der Waals surface area contributed by atoms with Gasteiger partial charge in [-0.15, -0.1) is 0 Å². The molecule has 3 rings (SSSR count). The van der Waals surface area contributed by atoms with E-state index in [2.05, 4.69) is 0 Å². The fourth-order valence-corrected chi connectivity index (χ4v) is 3.92. The largest absolute Gasteiger partial charge is 0.471 e. The van der Waals surface area contributed by atoms with Gasteiger partial charge < -0.3 is 4.74 Å². The lowest BCUT2D eigenvalue weighted by molar-refractivity contribution is 0.202. The highest BCUT2D eigenvalue weighted by Gasteiger charge is 2.47. The first kappa shape index (κ1) is 12.2. The molecule has 1 unspecified atom stereocenters. The van der Waals surface area contributed by atoms with Gasteiger partial charge in [-0.2, -0.15) is 0 Å². The van der Waals surface area contributed by atoms with Crippen LogP contribution in [0.25, 0.3) is 0 Å². The molecule has 1 aliphatic rings. The fraction of sp³-hybridized carbons (Fsp3) is 0.200. The van der Waals surface area contributed by atoms with Crippen LogP contribution in [-0.2, 0) is 16.3 Å². The second-order valence-corrected chi connectivity index (χ2v) is 7.18. The molecule has 0 saturated carbocycles. The van der Waals surface area contributed by atoms with Crippen molar-refractivity contribution < 1.29 is 13.2 Å². The number of fused-ring (bicyclic) bond motifs is 1. The summed E-state index contributed by atoms with van der Waals surface area (Å²) in [6.07, 6.45) is 0.375. The highest BCUT2D eigenvalue weighted by molar-refractivity contribution is 7.92. The van der Waals surface area contributed by atoms with Crippen LogP contribution in [0.1, 0.15) is 12.5 Å². The maximum Gasteiger partial charge on any atom is 0.219 e. The van der Waals surface area contributed by atoms with Gasteiger partial charge in [0.05, 0.1) is 4.90 Å². The van der Waals surface area contributed by atoms with Gasteiger partial charge in [0.2, 0.25) is 14.8 Å². The molecule has 98 valence electrons. The number of hydrogen-bond donors (Lipinski definition) is 0. The minimum atomic E-state index is -3.53. The van der Waals surface area contributed by atoms with E-state index >= 15 is 0 Å². The van der Waals surface area contributed by atoms with E-state index in [1.807, 2.05) is 18.2 Å². The molecule has 0 saturated heterocycles. The zero-order chi connectivity index (χ0) is 13.5. The Hall–Kier alpha value is -1.81. The number of rotatable bonds is 2. The molecule has 0 aliphatic carbocycles. The van der Waals surface area contributed by atoms with E-state index in [0.717, 1.165) is 5.56 Å². The highest BCUT2D eigenvalue weighted by atomic mass is 32.2. The van der Waals surface area contributed by atoms with Crippen molar-refractivity contribution in [1.82, 2.24) is 0 Å². The Morgan fingerprint density at radius 2 is 1.63 bits per heavy atom. The van der Waals surface area contributed by atoms with Crippen LogP contribution in [0, 0.1) is 0 Å². The van der Waals surface area contributed by atoms with E-state index < -0.39 is 14.8 Å². The summed E-state index contributed by atoms with van der Waals surface area (Å²) in [5, 5.41) is 0. The molecule has 0 spiro atoms. The standard InChI is InChI=1S/C15H14O3S/c1-15(11-12-7-5-6-10-14(12)18-15)19(16,17)13-8-3-2-4-9-13/h2-10H,11H2,1H3. The average Bonchev–Trinajstić information content (AvgIpc) is 2.77. The first-order valence-electron chi connectivity index (χ1n) is 6.09. The van der Waals surface area contributed by atoms with Crippen molar-refractivity contribution >= 4 is 9.84 Å². The lowest BCUT2D eigenvalue weighted by atomic mass is 10.1. The number of sulfone groups is 1. The van der Waals surface area contributed by atoms with Crippen LogP contribution in [0.4, 0.5) is 0 Å². The number of hydrogen-bond acceptors (Lipinski definition) is 3. The quantitative estimate of drug-likeness (QED) is 0.845. The lowest BCUT2D eigenvalue weighted by Gasteiger charge is -2.24. The van der Waals surface area contributed by atoms with Crippen molar-refractivity contribution in [2.24, 2.45) is 0 Å². The summed E-state index contributed by atoms with van der Waals surface area (Å²) in [5.74, 6) is 0.657. The van der Waals surface area contributed by atoms with Gasteiger partial charge in [-0.3, -0.25) is 0 Å². The molecule has 3 nitrogen and oxygen atoms in total. The second kappa shape index (κ2) is 4.10. The maximum atomic E-state index is 12.7. The van der Waals surface area contributed by atoms with Crippen LogP contribution in [0.15, 0.2) is 59.5 Å². The highest BCUT2D eigenvalue weighted by Crippen LogP contribution is 2.40. The molecule has 0 aromatic heterocycles. The Morgan fingerprint density at radius 3 is 2.32 bits per heavy atom. The third-order valence-corrected chi connectivity index (χ3v) is 5.69. The molecule has 0 radical (unpaired) electrons. The first-order valence-corrected chi connectivity index (χ1v) is 7.58. The van der Waals surface area contributed by atoms with E-state index in [1.165, 1.54) is 0 Å². The van der Waals surface area contributed by atoms with Crippen LogP contribution >= 0.6 is 0 Å². The fourth-order valence-electron chi connectivity index (χ4n) is 2.36. The van der Waals surface area contributed by atoms with Crippen molar-refractivity contribution in [3.8, 4) is 5.75 Å². The summed E-state index contributed by atoms with van der Waals surface area (Å²) in [6.45, 7) is 1.63. The monoisotopic (exact) mass is 274 g/mol. The van der Waals surface area contributed by atoms with Gasteiger partial charge in [0.25, 0.3) is 0 Å². The second-order valence-electron chi connectivity index (χ2n) is 4.84. The third-order valence-electron chi connectivity index (χ3n) is 3.43. The number of benzene rings is 2. The minimum absolute atomic E-state index is 0.297. The molecule has 19 heavy (non-hydrogen) atoms. The Balaban J connectivity index is 2.05. The van der Waals surface area contributed by atoms with Gasteiger partial charge in [-0.1, -0.05) is 36.4 Å². The number of ether oxygens (including phenoxy) is 1. The van der Waals surface area contributed by atoms with Gasteiger partial charge >= 0.3 is 0 Å². The maximum absolute atomic E-state index is 12.7. The van der Waals surface area contributed by atoms with Crippen LogP contribution in [0.5, 0.6) is 5.75 Å². The summed E-state index contributed by atoms with van der Waals surface area (Å²) in [4.78, 5) is -0.928. The summed E-state index contributed by atoms with van der Waals surface area (Å²) >= 11 is 0. The van der Waals surface area contributed by atoms with Gasteiger partial charge in [0.1, 0.15) is 5.75 Å². The molecule has 4 heteroatoms. The van der Waals surface area contributed by atoms with Crippen LogP contribution < -0.4 is 4.74 Å². The summed E-state index contributed by atoms with van der Waals surface area (Å²) < 4.78 is 31.1. The molecule has 1 aliphatic heterocycles. The Kier molecular flexibility index (Phi) is 2.64. The molecule has 2 aromatic rings. The van der Waals surface area contributed by atoms with E-state index in [4.69, 9.17) is 4.74 Å². The molecule has 1 atom stereocenters. The Bertz CT molecular complexity index is 680. The summed E-state index contributed by atoms with van der Waals surface area (Å²) in [6, 6.07) is 15.9. The predicted octanol–water partition coefficient (Wildman–Crippen LogP) is 2.81. The number of para-hydroxylation sites is 1. The van der Waals surface area contributed by atoms with Crippen molar-refractivity contribution in [3.05, 3.63) is 60.2 Å². The Morgan fingerprint density at radius 1 is 1.00 bits per heavy atom. The zero-order valence-electron chi connectivity index (χ0n) is 10.5. The summed E-state index contributed by atoms with van der Waals surface area (Å²) in [5.41, 5.74) is 0.935. The topological polar surface area (TPSA) is 43.4 Å². The molecular formula is C15H14O3S. The average molecular weight is 274 g/mol. The SMILES string of the molecule is CC1(S(=O)(=O)c2ccccc2)Cc2ccccc2O1. The third kappa shape index (κ3) is 1.83. The Labute approximate surface area is 112 Å². The molecule has 1 heterocycles. The molecule has 0 bridgehead atoms. The van der Waals surface area contributed by atoms with Crippen LogP contribution in [-0.4, -0.2) is 13.4 Å². The molecule has 0 N–H and O–H groups in total. The summed E-state index contributed by atoms with van der Waals surface area (Å²) in [7, 11) is -3.53. The van der Waals surface area contributed by atoms with Gasteiger partial charge in [0, 0.05) is 6.42 Å². The molecular weight excluding hydrogens is 260 g/mol. The van der Waals surface area contributed by atoms with E-state index in [9.17, 15) is 8.42 Å². The van der Waals surface area contributed by atoms with Crippen molar-refractivity contribution in [2.75, 3.05) is 0 Å².